The summed E-state index contributed by atoms with van der Waals surface area (Å²) in [7, 11) is -6.77. The third-order valence-electron chi connectivity index (χ3n) is 6.50. The molecule has 1 atom stereocenters. The number of fused-ring (bicyclic) bond motifs is 1. The second-order valence-corrected chi connectivity index (χ2v) is 12.2. The molecule has 42 heavy (non-hydrogen) atoms. The number of nitrogens with one attached hydrogen (secondary N) is 3. The van der Waals surface area contributed by atoms with Crippen LogP contribution in [0.3, 0.4) is 0 Å². The molecule has 2 aromatic carbocycles. The summed E-state index contributed by atoms with van der Waals surface area (Å²) in [5.74, 6) is -1.33. The zero-order chi connectivity index (χ0) is 30.4. The van der Waals surface area contributed by atoms with E-state index >= 15 is 0 Å². The number of carbonyl (C=O) groups excluding carboxylic acids is 2. The van der Waals surface area contributed by atoms with Gasteiger partial charge in [0.25, 0.3) is 15.9 Å². The Morgan fingerprint density at radius 3 is 2.55 bits per heavy atom. The van der Waals surface area contributed by atoms with E-state index in [0.717, 1.165) is 6.42 Å². The fourth-order valence-corrected chi connectivity index (χ4v) is 5.22. The monoisotopic (exact) mass is 614 g/mol. The normalized spacial score (nSPS) is 12.3. The van der Waals surface area contributed by atoms with E-state index in [1.165, 1.54) is 24.4 Å². The maximum Gasteiger partial charge on any atom is 0.326 e. The molecule has 0 saturated carbocycles. The Bertz CT molecular complexity index is 1790. The minimum absolute atomic E-state index is 0.0603. The first-order valence-corrected chi connectivity index (χ1v) is 15.8. The lowest BCUT2D eigenvalue weighted by atomic mass is 10.1. The molecule has 0 fully saturated rings. The van der Waals surface area contributed by atoms with Gasteiger partial charge in [-0.25, -0.2) is 16.8 Å². The summed E-state index contributed by atoms with van der Waals surface area (Å²) in [5, 5.41) is 6.15. The molecule has 12 nitrogen and oxygen atoms in total. The Morgan fingerprint density at radius 1 is 1.10 bits per heavy atom. The lowest BCUT2D eigenvalue weighted by molar-refractivity contribution is -0.148. The quantitative estimate of drug-likeness (QED) is 0.134. The van der Waals surface area contributed by atoms with E-state index in [1.807, 2.05) is 18.7 Å². The number of rotatable bonds is 12. The van der Waals surface area contributed by atoms with Gasteiger partial charge in [-0.3, -0.25) is 14.6 Å². The highest BCUT2D eigenvalue weighted by atomic mass is 32.2. The average Bonchev–Trinajstić information content (AvgIpc) is 3.32. The third-order valence-corrected chi connectivity index (χ3v) is 8.09. The predicted octanol–water partition coefficient (Wildman–Crippen LogP) is 4.21. The van der Waals surface area contributed by atoms with Crippen LogP contribution in [0.5, 0.6) is 0 Å². The van der Waals surface area contributed by atoms with E-state index in [4.69, 9.17) is 9.25 Å². The topological polar surface area (TPSA) is 174 Å². The van der Waals surface area contributed by atoms with Crippen LogP contribution in [-0.2, 0) is 30.4 Å². The smallest absolute Gasteiger partial charge is 0.326 e. The van der Waals surface area contributed by atoms with Gasteiger partial charge in [0, 0.05) is 28.6 Å². The maximum atomic E-state index is 13.0. The first-order chi connectivity index (χ1) is 20.0. The molecule has 0 radical (unpaired) electrons. The number of hydrogen-bond acceptors (Lipinski definition) is 10. The van der Waals surface area contributed by atoms with Crippen molar-refractivity contribution in [3.05, 3.63) is 72.1 Å². The van der Waals surface area contributed by atoms with Crippen molar-refractivity contribution < 1.29 is 35.7 Å². The van der Waals surface area contributed by atoms with Gasteiger partial charge in [-0.1, -0.05) is 38.5 Å². The number of hydrogen-bond donors (Lipinski definition) is 4. The highest BCUT2D eigenvalue weighted by molar-refractivity contribution is 7.89. The molecule has 0 aliphatic carbocycles. The van der Waals surface area contributed by atoms with Gasteiger partial charge in [0.05, 0.1) is 22.5 Å². The molecule has 0 bridgehead atoms. The lowest BCUT2D eigenvalue weighted by Crippen LogP contribution is -2.28. The summed E-state index contributed by atoms with van der Waals surface area (Å²) in [6, 6.07) is 14.2. The molecule has 222 valence electrons. The Hall–Kier alpha value is -4.27. The third kappa shape index (κ3) is 7.32. The van der Waals surface area contributed by atoms with E-state index in [-0.39, 0.29) is 28.9 Å². The van der Waals surface area contributed by atoms with Crippen molar-refractivity contribution in [1.29, 1.82) is 0 Å². The second kappa shape index (κ2) is 13.1. The molecule has 2 aromatic heterocycles. The largest absolute Gasteiger partial charge is 0.451 e. The fraction of sp³-hybridized carbons (Fsp3) is 0.250. The van der Waals surface area contributed by atoms with Crippen molar-refractivity contribution in [3.8, 4) is 11.3 Å². The van der Waals surface area contributed by atoms with Crippen LogP contribution in [0, 0.1) is 12.8 Å². The molecule has 1 unspecified atom stereocenters. The SMILES string of the molecule is CCC(C)CC(=O)ONS(=O)(=O)c1cccc(-c2ccc(NC(=O)c3oc4cccc(NC[SH](=O)=O)c4c3C)cn2)c1. The number of sulfonamides is 1. The Balaban J connectivity index is 1.47. The van der Waals surface area contributed by atoms with Gasteiger partial charge in [-0.05, 0) is 54.1 Å². The number of furan rings is 1. The van der Waals surface area contributed by atoms with Crippen LogP contribution in [0.15, 0.2) is 70.1 Å². The fourth-order valence-electron chi connectivity index (χ4n) is 4.09. The number of benzene rings is 2. The van der Waals surface area contributed by atoms with Gasteiger partial charge >= 0.3 is 5.97 Å². The predicted molar refractivity (Wildman–Crippen MR) is 158 cm³/mol. The van der Waals surface area contributed by atoms with E-state index < -0.39 is 32.6 Å². The van der Waals surface area contributed by atoms with Crippen molar-refractivity contribution in [2.24, 2.45) is 5.92 Å². The molecule has 2 heterocycles. The zero-order valence-corrected chi connectivity index (χ0v) is 24.8. The van der Waals surface area contributed by atoms with Crippen molar-refractivity contribution in [3.63, 3.8) is 0 Å². The van der Waals surface area contributed by atoms with Crippen LogP contribution >= 0.6 is 0 Å². The van der Waals surface area contributed by atoms with Gasteiger partial charge in [0.15, 0.2) is 16.5 Å². The van der Waals surface area contributed by atoms with Crippen molar-refractivity contribution in [2.75, 3.05) is 16.5 Å². The van der Waals surface area contributed by atoms with Crippen molar-refractivity contribution in [2.45, 2.75) is 38.5 Å². The molecule has 4 aromatic rings. The molecule has 0 spiro atoms. The van der Waals surface area contributed by atoms with Gasteiger partial charge in [-0.2, -0.15) is 0 Å². The van der Waals surface area contributed by atoms with Crippen molar-refractivity contribution in [1.82, 2.24) is 9.87 Å². The van der Waals surface area contributed by atoms with Gasteiger partial charge in [-0.15, -0.1) is 0 Å². The van der Waals surface area contributed by atoms with E-state index in [0.29, 0.717) is 39.2 Å². The lowest BCUT2D eigenvalue weighted by Gasteiger charge is -2.10. The first kappa shape index (κ1) is 30.7. The van der Waals surface area contributed by atoms with Crippen LogP contribution < -0.4 is 15.5 Å². The van der Waals surface area contributed by atoms with E-state index in [1.54, 1.807) is 43.3 Å². The Kier molecular flexibility index (Phi) is 9.60. The Labute approximate surface area is 244 Å². The van der Waals surface area contributed by atoms with Crippen LogP contribution in [-0.4, -0.2) is 39.6 Å². The molecule has 0 aliphatic rings. The van der Waals surface area contributed by atoms with E-state index in [2.05, 4.69) is 15.6 Å². The number of thiol groups is 1. The standard InChI is InChI=1S/C28H30N4O8S2/c1-4-17(2)13-25(33)40-32-42(37,38)21-8-5-7-19(14-21)22-12-11-20(15-29-22)31-28(34)27-18(3)26-23(30-16-41(35)36)9-6-10-24(26)39-27/h5-12,14-15,17,30,32,41H,4,13,16H2,1-3H3,(H,31,34). The maximum absolute atomic E-state index is 13.0. The van der Waals surface area contributed by atoms with Crippen LogP contribution in [0.2, 0.25) is 0 Å². The number of aromatic nitrogens is 1. The summed E-state index contributed by atoms with van der Waals surface area (Å²) in [6.45, 7) is 5.48. The first-order valence-electron chi connectivity index (χ1n) is 13.0. The Morgan fingerprint density at radius 2 is 1.86 bits per heavy atom. The van der Waals surface area contributed by atoms with Gasteiger partial charge in [0.1, 0.15) is 11.5 Å². The minimum atomic E-state index is -4.13. The molecular weight excluding hydrogens is 584 g/mol. The molecule has 3 N–H and O–H groups in total. The average molecular weight is 615 g/mol. The van der Waals surface area contributed by atoms with Gasteiger partial charge in [0.2, 0.25) is 0 Å². The number of pyridine rings is 1. The highest BCUT2D eigenvalue weighted by Gasteiger charge is 2.21. The van der Waals surface area contributed by atoms with Crippen LogP contribution in [0.25, 0.3) is 22.2 Å². The minimum Gasteiger partial charge on any atom is -0.451 e. The number of carbonyl (C=O) groups is 2. The highest BCUT2D eigenvalue weighted by Crippen LogP contribution is 2.32. The van der Waals surface area contributed by atoms with E-state index in [9.17, 15) is 26.4 Å². The number of anilines is 2. The number of nitrogens with zero attached hydrogens (tertiary/aromatic N) is 1. The van der Waals surface area contributed by atoms with Crippen molar-refractivity contribution >= 4 is 54.9 Å². The number of aryl methyl sites for hydroxylation is 1. The number of amides is 1. The molecule has 14 heteroatoms. The molecule has 4 rings (SSSR count). The summed E-state index contributed by atoms with van der Waals surface area (Å²) >= 11 is 0. The van der Waals surface area contributed by atoms with Gasteiger partial charge < -0.3 is 19.9 Å². The summed E-state index contributed by atoms with van der Waals surface area (Å²) in [5.41, 5.74) is 2.77. The molecule has 0 saturated heterocycles. The second-order valence-electron chi connectivity index (χ2n) is 9.59. The molecule has 1 amide bonds. The summed E-state index contributed by atoms with van der Waals surface area (Å²) in [6.07, 6.45) is 2.26. The van der Waals surface area contributed by atoms with Crippen LogP contribution in [0.4, 0.5) is 11.4 Å². The zero-order valence-electron chi connectivity index (χ0n) is 23.0. The molecule has 0 aliphatic heterocycles. The summed E-state index contributed by atoms with van der Waals surface area (Å²) in [4.78, 5) is 35.8. The van der Waals surface area contributed by atoms with Crippen LogP contribution in [0.1, 0.15) is 42.8 Å². The molecular formula is C28H30N4O8S2. The summed E-state index contributed by atoms with van der Waals surface area (Å²) < 4.78 is 53.1.